The van der Waals surface area contributed by atoms with Crippen LogP contribution in [0, 0.1) is 17.8 Å². The van der Waals surface area contributed by atoms with E-state index in [1.807, 2.05) is 12.4 Å². The second-order valence-electron chi connectivity index (χ2n) is 10.3. The number of likely N-dealkylation sites (tertiary alicyclic amines) is 2. The largest absolute Gasteiger partial charge is 0.368 e. The highest BCUT2D eigenvalue weighted by Gasteiger charge is 2.37. The Bertz CT molecular complexity index is 1010. The first kappa shape index (κ1) is 19.4. The van der Waals surface area contributed by atoms with Crippen molar-refractivity contribution in [3.8, 4) is 0 Å². The van der Waals surface area contributed by atoms with Crippen LogP contribution in [0.2, 0.25) is 0 Å². The lowest BCUT2D eigenvalue weighted by Crippen LogP contribution is -2.47. The molecule has 3 aliphatic heterocycles. The molecule has 6 rings (SSSR count). The van der Waals surface area contributed by atoms with Gasteiger partial charge in [-0.05, 0) is 43.1 Å². The van der Waals surface area contributed by atoms with Gasteiger partial charge in [-0.1, -0.05) is 12.5 Å². The Morgan fingerprint density at radius 2 is 1.68 bits per heavy atom. The maximum absolute atomic E-state index is 13.4. The van der Waals surface area contributed by atoms with Crippen molar-refractivity contribution < 1.29 is 0 Å². The number of hydrogen-bond acceptors (Lipinski definition) is 6. The number of aromatic nitrogens is 3. The first-order valence-corrected chi connectivity index (χ1v) is 11.9. The number of piperidine rings is 1. The van der Waals surface area contributed by atoms with Crippen molar-refractivity contribution >= 4 is 5.95 Å². The summed E-state index contributed by atoms with van der Waals surface area (Å²) in [6.45, 7) is 6.87. The molecule has 7 heteroatoms. The van der Waals surface area contributed by atoms with Crippen LogP contribution < -0.4 is 11.3 Å². The summed E-state index contributed by atoms with van der Waals surface area (Å²) in [5, 5.41) is 0. The average molecular weight is 421 g/mol. The summed E-state index contributed by atoms with van der Waals surface area (Å²) in [6.07, 6.45) is 8.99. The van der Waals surface area contributed by atoms with Crippen LogP contribution in [0.3, 0.4) is 0 Å². The minimum Gasteiger partial charge on any atom is -0.368 e. The molecule has 0 aromatic carbocycles. The molecule has 164 valence electrons. The number of nitrogen functional groups attached to an aromatic ring is 1. The molecule has 2 N–H and O–H groups in total. The van der Waals surface area contributed by atoms with Crippen molar-refractivity contribution in [3.05, 3.63) is 51.7 Å². The van der Waals surface area contributed by atoms with Crippen molar-refractivity contribution in [1.82, 2.24) is 24.3 Å². The normalized spacial score (nSPS) is 30.3. The van der Waals surface area contributed by atoms with Gasteiger partial charge in [0.2, 0.25) is 5.95 Å². The highest BCUT2D eigenvalue weighted by Crippen LogP contribution is 2.38. The first-order valence-electron chi connectivity index (χ1n) is 11.9. The van der Waals surface area contributed by atoms with Gasteiger partial charge in [-0.2, -0.15) is 0 Å². The lowest BCUT2D eigenvalue weighted by atomic mass is 9.83. The summed E-state index contributed by atoms with van der Waals surface area (Å²) in [6, 6.07) is 4.36. The van der Waals surface area contributed by atoms with E-state index < -0.39 is 0 Å². The third-order valence-corrected chi connectivity index (χ3v) is 8.09. The fraction of sp³-hybridized carbons (Fsp3) is 0.625. The Morgan fingerprint density at radius 1 is 0.935 bits per heavy atom. The van der Waals surface area contributed by atoms with Gasteiger partial charge >= 0.3 is 0 Å². The van der Waals surface area contributed by atoms with Crippen LogP contribution in [0.5, 0.6) is 0 Å². The van der Waals surface area contributed by atoms with E-state index in [1.54, 1.807) is 0 Å². The standard InChI is InChI=1S/C24H32N6O/c25-24-26-7-17(8-27-24)10-28-9-16-6-21(15-28)22-5-4-20(23(31)30(22)11-16)14-29-12-18-2-1-3-19(18)13-29/h4-5,7-8,16,18-19,21H,1-3,6,9-15H2,(H2,25,26,27)/t16-,18-,19+,21+/m0/s1. The lowest BCUT2D eigenvalue weighted by Gasteiger charge is -2.43. The molecule has 0 amide bonds. The maximum Gasteiger partial charge on any atom is 0.255 e. The van der Waals surface area contributed by atoms with E-state index in [0.29, 0.717) is 17.8 Å². The molecule has 2 aromatic rings. The Hall–Kier alpha value is -2.25. The predicted octanol–water partition coefficient (Wildman–Crippen LogP) is 2.07. The molecular formula is C24H32N6O. The number of nitrogens with zero attached hydrogens (tertiary/aromatic N) is 5. The summed E-state index contributed by atoms with van der Waals surface area (Å²) in [5.41, 5.74) is 9.18. The molecule has 7 nitrogen and oxygen atoms in total. The number of anilines is 1. The highest BCUT2D eigenvalue weighted by molar-refractivity contribution is 5.23. The minimum absolute atomic E-state index is 0.254. The third kappa shape index (κ3) is 3.68. The van der Waals surface area contributed by atoms with Gasteiger partial charge in [-0.3, -0.25) is 14.6 Å². The second kappa shape index (κ2) is 7.71. The zero-order chi connectivity index (χ0) is 20.9. The van der Waals surface area contributed by atoms with E-state index in [9.17, 15) is 4.79 Å². The van der Waals surface area contributed by atoms with Crippen LogP contribution in [-0.4, -0.2) is 50.5 Å². The van der Waals surface area contributed by atoms with Crippen LogP contribution >= 0.6 is 0 Å². The molecule has 0 unspecified atom stereocenters. The van der Waals surface area contributed by atoms with E-state index >= 15 is 0 Å². The Kier molecular flexibility index (Phi) is 4.83. The van der Waals surface area contributed by atoms with Gasteiger partial charge in [0.05, 0.1) is 0 Å². The Morgan fingerprint density at radius 3 is 2.45 bits per heavy atom. The number of pyridine rings is 1. The number of nitrogens with two attached hydrogens (primary N) is 1. The van der Waals surface area contributed by atoms with E-state index in [4.69, 9.17) is 5.73 Å². The molecule has 1 saturated carbocycles. The molecule has 2 saturated heterocycles. The topological polar surface area (TPSA) is 80.3 Å². The zero-order valence-electron chi connectivity index (χ0n) is 18.1. The lowest BCUT2D eigenvalue weighted by molar-refractivity contribution is 0.114. The summed E-state index contributed by atoms with van der Waals surface area (Å²) in [5.74, 6) is 3.02. The molecule has 4 atom stereocenters. The van der Waals surface area contributed by atoms with Gasteiger partial charge in [0.25, 0.3) is 5.56 Å². The molecule has 4 aliphatic rings. The van der Waals surface area contributed by atoms with Crippen LogP contribution in [0.15, 0.2) is 29.3 Å². The Balaban J connectivity index is 1.18. The minimum atomic E-state index is 0.254. The summed E-state index contributed by atoms with van der Waals surface area (Å²) in [4.78, 5) is 26.6. The van der Waals surface area contributed by atoms with Crippen molar-refractivity contribution in [3.63, 3.8) is 0 Å². The molecule has 2 bridgehead atoms. The van der Waals surface area contributed by atoms with Crippen LogP contribution in [0.1, 0.15) is 48.4 Å². The van der Waals surface area contributed by atoms with Crippen LogP contribution in [-0.2, 0) is 19.6 Å². The van der Waals surface area contributed by atoms with E-state index in [0.717, 1.165) is 55.7 Å². The summed E-state index contributed by atoms with van der Waals surface area (Å²) in [7, 11) is 0. The quantitative estimate of drug-likeness (QED) is 0.816. The zero-order valence-corrected chi connectivity index (χ0v) is 18.1. The van der Waals surface area contributed by atoms with Crippen molar-refractivity contribution in [2.45, 2.75) is 51.2 Å². The van der Waals surface area contributed by atoms with Gasteiger partial charge in [0.1, 0.15) is 0 Å². The molecule has 31 heavy (non-hydrogen) atoms. The van der Waals surface area contributed by atoms with Crippen LogP contribution in [0.4, 0.5) is 5.95 Å². The highest BCUT2D eigenvalue weighted by atomic mass is 16.1. The molecule has 2 aromatic heterocycles. The first-order chi connectivity index (χ1) is 15.1. The molecular weight excluding hydrogens is 388 g/mol. The SMILES string of the molecule is Nc1ncc(CN2C[C@@H]3C[C@H](C2)c2ccc(CN4C[C@H]5CCC[C@H]5C4)c(=O)n2C3)cn1. The number of fused-ring (bicyclic) bond motifs is 5. The van der Waals surface area contributed by atoms with Gasteiger partial charge in [-0.25, -0.2) is 9.97 Å². The second-order valence-corrected chi connectivity index (χ2v) is 10.3. The van der Waals surface area contributed by atoms with E-state index in [2.05, 4.69) is 36.5 Å². The fourth-order valence-corrected chi connectivity index (χ4v) is 6.75. The summed E-state index contributed by atoms with van der Waals surface area (Å²) < 4.78 is 2.11. The number of hydrogen-bond donors (Lipinski definition) is 1. The van der Waals surface area contributed by atoms with Crippen molar-refractivity contribution in [2.24, 2.45) is 17.8 Å². The smallest absolute Gasteiger partial charge is 0.255 e. The van der Waals surface area contributed by atoms with Gasteiger partial charge < -0.3 is 10.3 Å². The molecule has 0 spiro atoms. The average Bonchev–Trinajstić information content (AvgIpc) is 3.34. The molecule has 5 heterocycles. The molecule has 3 fully saturated rings. The Labute approximate surface area is 183 Å². The van der Waals surface area contributed by atoms with Gasteiger partial charge in [0.15, 0.2) is 0 Å². The number of rotatable bonds is 4. The van der Waals surface area contributed by atoms with Gasteiger partial charge in [-0.15, -0.1) is 0 Å². The van der Waals surface area contributed by atoms with Crippen molar-refractivity contribution in [1.29, 1.82) is 0 Å². The van der Waals surface area contributed by atoms with E-state index in [-0.39, 0.29) is 5.56 Å². The fourth-order valence-electron chi connectivity index (χ4n) is 6.75. The third-order valence-electron chi connectivity index (χ3n) is 8.09. The molecule has 1 aliphatic carbocycles. The maximum atomic E-state index is 13.4. The summed E-state index contributed by atoms with van der Waals surface area (Å²) >= 11 is 0. The van der Waals surface area contributed by atoms with Crippen LogP contribution in [0.25, 0.3) is 0 Å². The monoisotopic (exact) mass is 420 g/mol. The predicted molar refractivity (Wildman–Crippen MR) is 119 cm³/mol. The van der Waals surface area contributed by atoms with Gasteiger partial charge in [0, 0.05) is 80.9 Å². The molecule has 0 radical (unpaired) electrons. The van der Waals surface area contributed by atoms with E-state index in [1.165, 1.54) is 44.5 Å². The van der Waals surface area contributed by atoms with Crippen molar-refractivity contribution in [2.75, 3.05) is 31.9 Å².